The highest BCUT2D eigenvalue weighted by molar-refractivity contribution is 5.53. The van der Waals surface area contributed by atoms with Crippen LogP contribution >= 0.6 is 0 Å². The van der Waals surface area contributed by atoms with Crippen LogP contribution in [0.2, 0.25) is 0 Å². The van der Waals surface area contributed by atoms with E-state index in [0.29, 0.717) is 6.04 Å². The zero-order chi connectivity index (χ0) is 16.7. The molecule has 0 saturated heterocycles. The van der Waals surface area contributed by atoms with E-state index < -0.39 is 0 Å². The molecule has 0 radical (unpaired) electrons. The van der Waals surface area contributed by atoms with E-state index >= 15 is 0 Å². The molecule has 0 fully saturated rings. The molecule has 2 aliphatic heterocycles. The predicted octanol–water partition coefficient (Wildman–Crippen LogP) is 3.37. The summed E-state index contributed by atoms with van der Waals surface area (Å²) in [4.78, 5) is 2.55. The fourth-order valence-corrected chi connectivity index (χ4v) is 4.10. The highest BCUT2D eigenvalue weighted by Gasteiger charge is 2.34. The van der Waals surface area contributed by atoms with Crippen LogP contribution in [-0.4, -0.2) is 32.8 Å². The monoisotopic (exact) mass is 325 g/mol. The summed E-state index contributed by atoms with van der Waals surface area (Å²) < 4.78 is 16.5. The molecule has 126 valence electrons. The topological polar surface area (TPSA) is 30.9 Å². The minimum Gasteiger partial charge on any atom is -0.497 e. The van der Waals surface area contributed by atoms with Gasteiger partial charge in [0.05, 0.1) is 21.3 Å². The summed E-state index contributed by atoms with van der Waals surface area (Å²) in [7, 11) is 5.15. The van der Waals surface area contributed by atoms with Gasteiger partial charge in [0.1, 0.15) is 5.75 Å². The van der Waals surface area contributed by atoms with Gasteiger partial charge in [-0.05, 0) is 47.7 Å². The number of nitrogens with zero attached hydrogens (tertiary/aromatic N) is 1. The van der Waals surface area contributed by atoms with Crippen LogP contribution in [0.1, 0.15) is 28.3 Å². The van der Waals surface area contributed by atoms with Crippen molar-refractivity contribution in [2.45, 2.75) is 25.4 Å². The summed E-state index contributed by atoms with van der Waals surface area (Å²) >= 11 is 0. The van der Waals surface area contributed by atoms with Gasteiger partial charge in [-0.25, -0.2) is 0 Å². The molecule has 1 unspecified atom stereocenters. The van der Waals surface area contributed by atoms with E-state index in [2.05, 4.69) is 29.2 Å². The molecule has 2 heterocycles. The van der Waals surface area contributed by atoms with E-state index in [0.717, 1.165) is 43.2 Å². The van der Waals surface area contributed by atoms with E-state index in [-0.39, 0.29) is 0 Å². The fourth-order valence-electron chi connectivity index (χ4n) is 4.10. The van der Waals surface area contributed by atoms with Crippen LogP contribution in [0, 0.1) is 0 Å². The van der Waals surface area contributed by atoms with Crippen LogP contribution in [0.3, 0.4) is 0 Å². The Bertz CT molecular complexity index is 772. The molecule has 0 spiro atoms. The molecule has 2 aliphatic rings. The average molecular weight is 325 g/mol. The molecule has 24 heavy (non-hydrogen) atoms. The third-order valence-corrected chi connectivity index (χ3v) is 5.34. The van der Waals surface area contributed by atoms with Crippen molar-refractivity contribution in [3.63, 3.8) is 0 Å². The molecule has 0 bridgehead atoms. The molecule has 0 saturated carbocycles. The number of hydrogen-bond donors (Lipinski definition) is 0. The summed E-state index contributed by atoms with van der Waals surface area (Å²) in [6.07, 6.45) is 2.07. The first-order chi connectivity index (χ1) is 11.7. The molecule has 4 heteroatoms. The standard InChI is InChI=1S/C20H23NO3/c1-22-15-5-6-16-14(10-15)8-9-21-12-17-13(11-18(16)21)4-7-19(23-2)20(17)24-3/h4-7,10,18H,8-9,11-12H2,1-3H3. The quantitative estimate of drug-likeness (QED) is 0.866. The Hall–Kier alpha value is -2.20. The molecule has 4 nitrogen and oxygen atoms in total. The van der Waals surface area contributed by atoms with Gasteiger partial charge in [-0.2, -0.15) is 0 Å². The van der Waals surface area contributed by atoms with Crippen molar-refractivity contribution in [1.29, 1.82) is 0 Å². The van der Waals surface area contributed by atoms with Crippen molar-refractivity contribution in [2.24, 2.45) is 0 Å². The maximum atomic E-state index is 5.65. The lowest BCUT2D eigenvalue weighted by Crippen LogP contribution is -2.39. The second-order valence-corrected chi connectivity index (χ2v) is 6.44. The van der Waals surface area contributed by atoms with E-state index in [4.69, 9.17) is 14.2 Å². The smallest absolute Gasteiger partial charge is 0.165 e. The van der Waals surface area contributed by atoms with Crippen molar-refractivity contribution < 1.29 is 14.2 Å². The van der Waals surface area contributed by atoms with Crippen LogP contribution in [0.5, 0.6) is 17.2 Å². The number of fused-ring (bicyclic) bond motifs is 4. The van der Waals surface area contributed by atoms with Crippen molar-refractivity contribution in [3.8, 4) is 17.2 Å². The second-order valence-electron chi connectivity index (χ2n) is 6.44. The number of methoxy groups -OCH3 is 3. The van der Waals surface area contributed by atoms with Crippen molar-refractivity contribution in [3.05, 3.63) is 52.6 Å². The Morgan fingerprint density at radius 1 is 0.958 bits per heavy atom. The third-order valence-electron chi connectivity index (χ3n) is 5.34. The van der Waals surface area contributed by atoms with Gasteiger partial charge in [0.15, 0.2) is 11.5 Å². The minimum absolute atomic E-state index is 0.435. The molecule has 2 aromatic carbocycles. The van der Waals surface area contributed by atoms with E-state index in [1.807, 2.05) is 6.07 Å². The van der Waals surface area contributed by atoms with E-state index in [1.54, 1.807) is 21.3 Å². The number of benzene rings is 2. The normalized spacial score (nSPS) is 19.0. The van der Waals surface area contributed by atoms with Crippen LogP contribution in [0.25, 0.3) is 0 Å². The Kier molecular flexibility index (Phi) is 3.85. The lowest BCUT2D eigenvalue weighted by atomic mass is 9.83. The molecule has 0 amide bonds. The molecular weight excluding hydrogens is 302 g/mol. The Morgan fingerprint density at radius 2 is 1.83 bits per heavy atom. The zero-order valence-electron chi connectivity index (χ0n) is 14.5. The molecule has 0 N–H and O–H groups in total. The Balaban J connectivity index is 1.74. The SMILES string of the molecule is COc1ccc2c(c1)CCN1Cc3c(ccc(OC)c3OC)CC21. The summed E-state index contributed by atoms with van der Waals surface area (Å²) in [6, 6.07) is 11.1. The molecule has 0 aliphatic carbocycles. The highest BCUT2D eigenvalue weighted by atomic mass is 16.5. The first kappa shape index (κ1) is 15.3. The first-order valence-corrected chi connectivity index (χ1v) is 8.38. The lowest BCUT2D eigenvalue weighted by molar-refractivity contribution is 0.157. The number of hydrogen-bond acceptors (Lipinski definition) is 4. The van der Waals surface area contributed by atoms with Gasteiger partial charge >= 0.3 is 0 Å². The molecular formula is C20H23NO3. The van der Waals surface area contributed by atoms with Crippen molar-refractivity contribution in [2.75, 3.05) is 27.9 Å². The maximum Gasteiger partial charge on any atom is 0.165 e. The largest absolute Gasteiger partial charge is 0.497 e. The van der Waals surface area contributed by atoms with E-state index in [9.17, 15) is 0 Å². The van der Waals surface area contributed by atoms with Crippen molar-refractivity contribution >= 4 is 0 Å². The molecule has 2 aromatic rings. The van der Waals surface area contributed by atoms with Gasteiger partial charge in [0, 0.05) is 24.7 Å². The van der Waals surface area contributed by atoms with Crippen molar-refractivity contribution in [1.82, 2.24) is 4.90 Å². The highest BCUT2D eigenvalue weighted by Crippen LogP contribution is 2.44. The number of ether oxygens (including phenoxy) is 3. The van der Waals surface area contributed by atoms with Crippen LogP contribution in [-0.2, 0) is 19.4 Å². The summed E-state index contributed by atoms with van der Waals surface area (Å²) in [5.41, 5.74) is 5.48. The lowest BCUT2D eigenvalue weighted by Gasteiger charge is -2.42. The average Bonchev–Trinajstić information content (AvgIpc) is 2.64. The van der Waals surface area contributed by atoms with Crippen LogP contribution < -0.4 is 14.2 Å². The van der Waals surface area contributed by atoms with Crippen LogP contribution in [0.15, 0.2) is 30.3 Å². The third kappa shape index (κ3) is 2.33. The zero-order valence-corrected chi connectivity index (χ0v) is 14.5. The Labute approximate surface area is 142 Å². The summed E-state index contributed by atoms with van der Waals surface area (Å²) in [5, 5.41) is 0. The molecule has 1 atom stereocenters. The second kappa shape index (κ2) is 6.02. The Morgan fingerprint density at radius 3 is 2.58 bits per heavy atom. The van der Waals surface area contributed by atoms with Gasteiger partial charge in [0.2, 0.25) is 0 Å². The summed E-state index contributed by atoms with van der Waals surface area (Å²) in [6.45, 7) is 1.97. The molecule has 4 rings (SSSR count). The van der Waals surface area contributed by atoms with Gasteiger partial charge in [-0.1, -0.05) is 12.1 Å². The maximum absolute atomic E-state index is 5.65. The van der Waals surface area contributed by atoms with Gasteiger partial charge in [0.25, 0.3) is 0 Å². The first-order valence-electron chi connectivity index (χ1n) is 8.38. The van der Waals surface area contributed by atoms with Gasteiger partial charge in [-0.3, -0.25) is 4.90 Å². The van der Waals surface area contributed by atoms with E-state index in [1.165, 1.54) is 22.3 Å². The van der Waals surface area contributed by atoms with Crippen LogP contribution in [0.4, 0.5) is 0 Å². The minimum atomic E-state index is 0.435. The summed E-state index contributed by atoms with van der Waals surface area (Å²) in [5.74, 6) is 2.65. The predicted molar refractivity (Wildman–Crippen MR) is 93.1 cm³/mol. The van der Waals surface area contributed by atoms with Gasteiger partial charge in [-0.15, -0.1) is 0 Å². The fraction of sp³-hybridized carbons (Fsp3) is 0.400. The number of rotatable bonds is 3. The molecule has 0 aromatic heterocycles. The van der Waals surface area contributed by atoms with Gasteiger partial charge < -0.3 is 14.2 Å².